The summed E-state index contributed by atoms with van der Waals surface area (Å²) < 4.78 is 24.3. The lowest BCUT2D eigenvalue weighted by atomic mass is 10.1. The molecule has 1 unspecified atom stereocenters. The van der Waals surface area contributed by atoms with Crippen molar-refractivity contribution in [3.8, 4) is 11.5 Å². The summed E-state index contributed by atoms with van der Waals surface area (Å²) in [5.74, 6) is 0.472. The highest BCUT2D eigenvalue weighted by Crippen LogP contribution is 2.22. The molecule has 0 radical (unpaired) electrons. The Kier molecular flexibility index (Phi) is 6.81. The molecule has 1 atom stereocenters. The highest BCUT2D eigenvalue weighted by atomic mass is 19.1. The van der Waals surface area contributed by atoms with Crippen LogP contribution in [0.15, 0.2) is 42.5 Å². The first-order valence-electron chi connectivity index (χ1n) is 8.38. The largest absolute Gasteiger partial charge is 0.494 e. The summed E-state index contributed by atoms with van der Waals surface area (Å²) in [5.41, 5.74) is 1.70. The highest BCUT2D eigenvalue weighted by Gasteiger charge is 2.13. The van der Waals surface area contributed by atoms with Gasteiger partial charge in [0, 0.05) is 6.42 Å². The molecule has 2 aromatic rings. The van der Waals surface area contributed by atoms with Gasteiger partial charge in [-0.15, -0.1) is 0 Å². The van der Waals surface area contributed by atoms with Crippen LogP contribution in [0, 0.1) is 5.82 Å². The fraction of sp³-hybridized carbons (Fsp3) is 0.350. The van der Waals surface area contributed by atoms with Gasteiger partial charge in [-0.05, 0) is 49.6 Å². The first kappa shape index (κ1) is 18.8. The maximum absolute atomic E-state index is 13.8. The minimum Gasteiger partial charge on any atom is -0.494 e. The third-order valence-corrected chi connectivity index (χ3v) is 3.95. The van der Waals surface area contributed by atoms with E-state index >= 15 is 0 Å². The van der Waals surface area contributed by atoms with E-state index in [4.69, 9.17) is 9.47 Å². The zero-order valence-electron chi connectivity index (χ0n) is 14.8. The summed E-state index contributed by atoms with van der Waals surface area (Å²) in [4.78, 5) is 12.2. The lowest BCUT2D eigenvalue weighted by Crippen LogP contribution is -2.27. The molecule has 0 aliphatic carbocycles. The van der Waals surface area contributed by atoms with Crippen molar-refractivity contribution in [1.29, 1.82) is 0 Å². The number of rotatable bonds is 8. The van der Waals surface area contributed by atoms with Crippen LogP contribution < -0.4 is 14.8 Å². The second-order valence-corrected chi connectivity index (χ2v) is 5.72. The number of ether oxygens (including phenoxy) is 2. The number of hydrogen-bond donors (Lipinski definition) is 1. The van der Waals surface area contributed by atoms with Gasteiger partial charge in [0.2, 0.25) is 5.91 Å². The number of amides is 1. The summed E-state index contributed by atoms with van der Waals surface area (Å²) in [6.45, 7) is 4.34. The number of hydrogen-bond acceptors (Lipinski definition) is 3. The van der Waals surface area contributed by atoms with Gasteiger partial charge in [0.05, 0.1) is 19.8 Å². The zero-order chi connectivity index (χ0) is 18.2. The fourth-order valence-corrected chi connectivity index (χ4v) is 2.60. The number of halogens is 1. The van der Waals surface area contributed by atoms with E-state index in [0.717, 1.165) is 11.3 Å². The lowest BCUT2D eigenvalue weighted by molar-refractivity contribution is -0.121. The molecule has 1 amide bonds. The van der Waals surface area contributed by atoms with Crippen LogP contribution in [0.4, 0.5) is 4.39 Å². The SMILES string of the molecule is CCOc1ccccc1CCC(=O)NC(C)c1ccc(OC)c(F)c1. The summed E-state index contributed by atoms with van der Waals surface area (Å²) in [6, 6.07) is 12.1. The molecule has 0 aromatic heterocycles. The summed E-state index contributed by atoms with van der Waals surface area (Å²) >= 11 is 0. The van der Waals surface area contributed by atoms with Crippen LogP contribution in [0.3, 0.4) is 0 Å². The van der Waals surface area contributed by atoms with E-state index in [1.54, 1.807) is 12.1 Å². The smallest absolute Gasteiger partial charge is 0.220 e. The molecular weight excluding hydrogens is 321 g/mol. The first-order chi connectivity index (χ1) is 12.0. The average Bonchev–Trinajstić information content (AvgIpc) is 2.61. The number of carbonyl (C=O) groups excluding carboxylic acids is 1. The molecule has 0 saturated heterocycles. The van der Waals surface area contributed by atoms with E-state index in [1.165, 1.54) is 13.2 Å². The van der Waals surface area contributed by atoms with Crippen molar-refractivity contribution in [1.82, 2.24) is 5.32 Å². The zero-order valence-corrected chi connectivity index (χ0v) is 14.8. The van der Waals surface area contributed by atoms with E-state index in [1.807, 2.05) is 38.1 Å². The Hall–Kier alpha value is -2.56. The molecule has 0 heterocycles. The Morgan fingerprint density at radius 2 is 1.96 bits per heavy atom. The van der Waals surface area contributed by atoms with Gasteiger partial charge in [-0.1, -0.05) is 24.3 Å². The number of benzene rings is 2. The van der Waals surface area contributed by atoms with Gasteiger partial charge in [0.15, 0.2) is 11.6 Å². The first-order valence-corrected chi connectivity index (χ1v) is 8.38. The van der Waals surface area contributed by atoms with E-state index in [-0.39, 0.29) is 17.7 Å². The predicted molar refractivity (Wildman–Crippen MR) is 95.4 cm³/mol. The van der Waals surface area contributed by atoms with Crippen molar-refractivity contribution in [2.75, 3.05) is 13.7 Å². The van der Waals surface area contributed by atoms with Crippen LogP contribution in [-0.2, 0) is 11.2 Å². The lowest BCUT2D eigenvalue weighted by Gasteiger charge is -2.16. The number of methoxy groups -OCH3 is 1. The molecule has 0 bridgehead atoms. The van der Waals surface area contributed by atoms with Crippen molar-refractivity contribution in [2.45, 2.75) is 32.7 Å². The van der Waals surface area contributed by atoms with Crippen molar-refractivity contribution >= 4 is 5.91 Å². The van der Waals surface area contributed by atoms with Gasteiger partial charge >= 0.3 is 0 Å². The molecule has 0 aliphatic heterocycles. The molecule has 0 aliphatic rings. The van der Waals surface area contributed by atoms with Gasteiger partial charge in [0.25, 0.3) is 0 Å². The van der Waals surface area contributed by atoms with Crippen molar-refractivity contribution in [2.24, 2.45) is 0 Å². The monoisotopic (exact) mass is 345 g/mol. The quantitative estimate of drug-likeness (QED) is 0.785. The molecule has 4 nitrogen and oxygen atoms in total. The molecule has 25 heavy (non-hydrogen) atoms. The predicted octanol–water partition coefficient (Wildman–Crippen LogP) is 4.04. The van der Waals surface area contributed by atoms with Gasteiger partial charge in [-0.25, -0.2) is 4.39 Å². The fourth-order valence-electron chi connectivity index (χ4n) is 2.60. The molecule has 0 saturated carbocycles. The second kappa shape index (κ2) is 9.06. The third kappa shape index (κ3) is 5.21. The summed E-state index contributed by atoms with van der Waals surface area (Å²) in [6.07, 6.45) is 0.929. The van der Waals surface area contributed by atoms with Crippen LogP contribution in [0.1, 0.15) is 37.4 Å². The third-order valence-electron chi connectivity index (χ3n) is 3.95. The number of aryl methyl sites for hydroxylation is 1. The maximum Gasteiger partial charge on any atom is 0.220 e. The van der Waals surface area contributed by atoms with Crippen molar-refractivity contribution in [3.05, 3.63) is 59.4 Å². The molecule has 134 valence electrons. The van der Waals surface area contributed by atoms with Gasteiger partial charge in [0.1, 0.15) is 5.75 Å². The Labute approximate surface area is 148 Å². The van der Waals surface area contributed by atoms with Gasteiger partial charge in [-0.3, -0.25) is 4.79 Å². The topological polar surface area (TPSA) is 47.6 Å². The Balaban J connectivity index is 1.93. The van der Waals surface area contributed by atoms with E-state index in [0.29, 0.717) is 25.0 Å². The number of nitrogens with one attached hydrogen (secondary N) is 1. The summed E-state index contributed by atoms with van der Waals surface area (Å²) in [7, 11) is 1.42. The molecule has 2 aromatic carbocycles. The highest BCUT2D eigenvalue weighted by molar-refractivity contribution is 5.76. The van der Waals surface area contributed by atoms with Crippen molar-refractivity contribution < 1.29 is 18.7 Å². The van der Waals surface area contributed by atoms with Gasteiger partial charge in [-0.2, -0.15) is 0 Å². The maximum atomic E-state index is 13.8. The standard InChI is InChI=1S/C20H24FNO3/c1-4-25-18-8-6-5-7-15(18)10-12-20(23)22-14(2)16-9-11-19(24-3)17(21)13-16/h5-9,11,13-14H,4,10,12H2,1-3H3,(H,22,23). The molecule has 1 N–H and O–H groups in total. The summed E-state index contributed by atoms with van der Waals surface area (Å²) in [5, 5.41) is 2.90. The number of para-hydroxylation sites is 1. The molecule has 2 rings (SSSR count). The van der Waals surface area contributed by atoms with Crippen molar-refractivity contribution in [3.63, 3.8) is 0 Å². The van der Waals surface area contributed by atoms with E-state index in [2.05, 4.69) is 5.32 Å². The molecule has 5 heteroatoms. The average molecular weight is 345 g/mol. The molecule has 0 spiro atoms. The molecule has 0 fully saturated rings. The van der Waals surface area contributed by atoms with Gasteiger partial charge < -0.3 is 14.8 Å². The van der Waals surface area contributed by atoms with E-state index < -0.39 is 5.82 Å². The van der Waals surface area contributed by atoms with Crippen LogP contribution in [0.5, 0.6) is 11.5 Å². The Bertz CT molecular complexity index is 718. The van der Waals surface area contributed by atoms with Crippen LogP contribution in [-0.4, -0.2) is 19.6 Å². The van der Waals surface area contributed by atoms with Crippen LogP contribution >= 0.6 is 0 Å². The van der Waals surface area contributed by atoms with E-state index in [9.17, 15) is 9.18 Å². The van der Waals surface area contributed by atoms with Crippen LogP contribution in [0.25, 0.3) is 0 Å². The Morgan fingerprint density at radius 3 is 2.64 bits per heavy atom. The molecular formula is C20H24FNO3. The second-order valence-electron chi connectivity index (χ2n) is 5.72. The normalized spacial score (nSPS) is 11.7. The Morgan fingerprint density at radius 1 is 1.20 bits per heavy atom. The minimum absolute atomic E-state index is 0.0879. The van der Waals surface area contributed by atoms with Crippen LogP contribution in [0.2, 0.25) is 0 Å². The minimum atomic E-state index is -0.438. The number of carbonyl (C=O) groups is 1.